The number of halogens is 1. The molecule has 2 rings (SSSR count). The second-order valence-corrected chi connectivity index (χ2v) is 4.09. The molecule has 0 atom stereocenters. The topological polar surface area (TPSA) is 28.2 Å². The van der Waals surface area contributed by atoms with Gasteiger partial charge in [0.15, 0.2) is 0 Å². The lowest BCUT2D eigenvalue weighted by Gasteiger charge is -2.30. The Bertz CT molecular complexity index is 321. The van der Waals surface area contributed by atoms with E-state index in [0.29, 0.717) is 6.04 Å². The lowest BCUT2D eigenvalue weighted by atomic mass is 10.1. The number of hydrogen-bond donors (Lipinski definition) is 1. The van der Waals surface area contributed by atoms with Gasteiger partial charge in [-0.3, -0.25) is 0 Å². The zero-order valence-corrected chi connectivity index (χ0v) is 8.91. The maximum absolute atomic E-state index is 12.8. The molecule has 0 bridgehead atoms. The molecule has 4 heteroatoms. The number of anilines is 1. The normalized spacial score (nSPS) is 19.1. The van der Waals surface area contributed by atoms with E-state index in [2.05, 4.69) is 22.2 Å². The maximum Gasteiger partial charge on any atom is 0.214 e. The summed E-state index contributed by atoms with van der Waals surface area (Å²) in [5.41, 5.74) is 0.831. The summed E-state index contributed by atoms with van der Waals surface area (Å²) in [6.07, 6.45) is 3.72. The van der Waals surface area contributed by atoms with E-state index in [4.69, 9.17) is 0 Å². The number of nitrogens with zero attached hydrogens (tertiary/aromatic N) is 2. The molecule has 15 heavy (non-hydrogen) atoms. The Kier molecular flexibility index (Phi) is 3.16. The van der Waals surface area contributed by atoms with Crippen LogP contribution in [0.5, 0.6) is 0 Å². The van der Waals surface area contributed by atoms with Gasteiger partial charge in [0.1, 0.15) is 0 Å². The Morgan fingerprint density at radius 1 is 1.47 bits per heavy atom. The fourth-order valence-electron chi connectivity index (χ4n) is 1.88. The van der Waals surface area contributed by atoms with Crippen LogP contribution in [0.25, 0.3) is 0 Å². The summed E-state index contributed by atoms with van der Waals surface area (Å²) >= 11 is 0. The molecule has 1 N–H and O–H groups in total. The Morgan fingerprint density at radius 3 is 2.87 bits per heavy atom. The van der Waals surface area contributed by atoms with Crippen LogP contribution in [0.1, 0.15) is 12.8 Å². The molecule has 1 aromatic rings. The highest BCUT2D eigenvalue weighted by atomic mass is 19.1. The van der Waals surface area contributed by atoms with Crippen molar-refractivity contribution in [2.24, 2.45) is 0 Å². The number of pyridine rings is 1. The number of aromatic nitrogens is 1. The van der Waals surface area contributed by atoms with Crippen LogP contribution in [0.4, 0.5) is 10.1 Å². The first-order valence-corrected chi connectivity index (χ1v) is 5.30. The highest BCUT2D eigenvalue weighted by Crippen LogP contribution is 2.15. The molecule has 0 radical (unpaired) electrons. The second kappa shape index (κ2) is 4.57. The molecule has 0 unspecified atom stereocenters. The van der Waals surface area contributed by atoms with Gasteiger partial charge in [-0.05, 0) is 39.0 Å². The first kappa shape index (κ1) is 10.4. The van der Waals surface area contributed by atoms with Crippen LogP contribution >= 0.6 is 0 Å². The Balaban J connectivity index is 1.92. The van der Waals surface area contributed by atoms with E-state index in [1.165, 1.54) is 12.3 Å². The molecule has 0 saturated carbocycles. The molecule has 0 amide bonds. The quantitative estimate of drug-likeness (QED) is 0.752. The van der Waals surface area contributed by atoms with Gasteiger partial charge in [-0.2, -0.15) is 4.39 Å². The number of rotatable bonds is 2. The molecule has 82 valence electrons. The minimum absolute atomic E-state index is 0.423. The number of piperidine rings is 1. The highest BCUT2D eigenvalue weighted by Gasteiger charge is 2.16. The molecule has 1 aliphatic rings. The molecule has 1 fully saturated rings. The van der Waals surface area contributed by atoms with Gasteiger partial charge in [-0.25, -0.2) is 4.98 Å². The SMILES string of the molecule is CN1CCC(Nc2ccnc(F)c2)CC1. The largest absolute Gasteiger partial charge is 0.382 e. The zero-order valence-electron chi connectivity index (χ0n) is 8.91. The third-order valence-corrected chi connectivity index (χ3v) is 2.82. The van der Waals surface area contributed by atoms with Gasteiger partial charge < -0.3 is 10.2 Å². The molecule has 1 saturated heterocycles. The minimum Gasteiger partial charge on any atom is -0.382 e. The fraction of sp³-hybridized carbons (Fsp3) is 0.545. The average molecular weight is 209 g/mol. The van der Waals surface area contributed by atoms with E-state index in [1.807, 2.05) is 0 Å². The van der Waals surface area contributed by atoms with Gasteiger partial charge in [0.2, 0.25) is 5.95 Å². The predicted octanol–water partition coefficient (Wildman–Crippen LogP) is 1.73. The van der Waals surface area contributed by atoms with Crippen molar-refractivity contribution in [1.29, 1.82) is 0 Å². The first-order chi connectivity index (χ1) is 7.24. The number of nitrogens with one attached hydrogen (secondary N) is 1. The lowest BCUT2D eigenvalue weighted by Crippen LogP contribution is -2.36. The first-order valence-electron chi connectivity index (χ1n) is 5.30. The van der Waals surface area contributed by atoms with E-state index >= 15 is 0 Å². The van der Waals surface area contributed by atoms with Crippen molar-refractivity contribution < 1.29 is 4.39 Å². The molecule has 3 nitrogen and oxygen atoms in total. The average Bonchev–Trinajstić information content (AvgIpc) is 2.22. The van der Waals surface area contributed by atoms with Crippen molar-refractivity contribution in [2.45, 2.75) is 18.9 Å². The van der Waals surface area contributed by atoms with Gasteiger partial charge >= 0.3 is 0 Å². The fourth-order valence-corrected chi connectivity index (χ4v) is 1.88. The van der Waals surface area contributed by atoms with Crippen LogP contribution in [-0.4, -0.2) is 36.1 Å². The third kappa shape index (κ3) is 2.89. The van der Waals surface area contributed by atoms with Gasteiger partial charge in [-0.1, -0.05) is 0 Å². The van der Waals surface area contributed by atoms with E-state index in [1.54, 1.807) is 6.07 Å². The monoisotopic (exact) mass is 209 g/mol. The molecule has 0 spiro atoms. The van der Waals surface area contributed by atoms with Gasteiger partial charge in [0.05, 0.1) is 0 Å². The summed E-state index contributed by atoms with van der Waals surface area (Å²) in [4.78, 5) is 5.84. The van der Waals surface area contributed by atoms with Crippen molar-refractivity contribution in [3.05, 3.63) is 24.3 Å². The molecule has 2 heterocycles. The number of likely N-dealkylation sites (tertiary alicyclic amines) is 1. The van der Waals surface area contributed by atoms with Crippen molar-refractivity contribution in [2.75, 3.05) is 25.5 Å². The zero-order chi connectivity index (χ0) is 10.7. The summed E-state index contributed by atoms with van der Waals surface area (Å²) in [5.74, 6) is -0.423. The van der Waals surface area contributed by atoms with Gasteiger partial charge in [0, 0.05) is 24.0 Å². The van der Waals surface area contributed by atoms with E-state index < -0.39 is 5.95 Å². The Morgan fingerprint density at radius 2 is 2.20 bits per heavy atom. The molecule has 0 aliphatic carbocycles. The van der Waals surface area contributed by atoms with Gasteiger partial charge in [-0.15, -0.1) is 0 Å². The standard InChI is InChI=1S/C11H16FN3/c1-15-6-3-9(4-7-15)14-10-2-5-13-11(12)8-10/h2,5,8-9H,3-4,6-7H2,1H3,(H,13,14). The van der Waals surface area contributed by atoms with E-state index in [-0.39, 0.29) is 0 Å². The summed E-state index contributed by atoms with van der Waals surface area (Å²) in [6.45, 7) is 2.20. The van der Waals surface area contributed by atoms with Crippen molar-refractivity contribution in [3.8, 4) is 0 Å². The number of hydrogen-bond acceptors (Lipinski definition) is 3. The third-order valence-electron chi connectivity index (χ3n) is 2.82. The van der Waals surface area contributed by atoms with Gasteiger partial charge in [0.25, 0.3) is 0 Å². The summed E-state index contributed by atoms with van der Waals surface area (Å²) in [5, 5.41) is 3.34. The van der Waals surface area contributed by atoms with Crippen molar-refractivity contribution >= 4 is 5.69 Å². The van der Waals surface area contributed by atoms with Crippen LogP contribution in [-0.2, 0) is 0 Å². The van der Waals surface area contributed by atoms with Crippen LogP contribution in [0.15, 0.2) is 18.3 Å². The van der Waals surface area contributed by atoms with Crippen LogP contribution in [0.3, 0.4) is 0 Å². The predicted molar refractivity (Wildman–Crippen MR) is 58.3 cm³/mol. The molecular weight excluding hydrogens is 193 g/mol. The minimum atomic E-state index is -0.423. The molecule has 0 aromatic carbocycles. The van der Waals surface area contributed by atoms with Crippen LogP contribution < -0.4 is 5.32 Å². The maximum atomic E-state index is 12.8. The highest BCUT2D eigenvalue weighted by molar-refractivity contribution is 5.42. The molecular formula is C11H16FN3. The second-order valence-electron chi connectivity index (χ2n) is 4.09. The summed E-state index contributed by atoms with van der Waals surface area (Å²) < 4.78 is 12.8. The van der Waals surface area contributed by atoms with Crippen LogP contribution in [0, 0.1) is 5.95 Å². The smallest absolute Gasteiger partial charge is 0.214 e. The van der Waals surface area contributed by atoms with Crippen molar-refractivity contribution in [1.82, 2.24) is 9.88 Å². The van der Waals surface area contributed by atoms with E-state index in [9.17, 15) is 4.39 Å². The Hall–Kier alpha value is -1.16. The Labute approximate surface area is 89.3 Å². The van der Waals surface area contributed by atoms with Crippen molar-refractivity contribution in [3.63, 3.8) is 0 Å². The van der Waals surface area contributed by atoms with E-state index in [0.717, 1.165) is 31.6 Å². The lowest BCUT2D eigenvalue weighted by molar-refractivity contribution is 0.264. The summed E-state index contributed by atoms with van der Waals surface area (Å²) in [7, 11) is 2.13. The molecule has 1 aromatic heterocycles. The summed E-state index contributed by atoms with van der Waals surface area (Å²) in [6, 6.07) is 3.71. The molecule has 1 aliphatic heterocycles. The van der Waals surface area contributed by atoms with Crippen LogP contribution in [0.2, 0.25) is 0 Å².